The zero-order valence-electron chi connectivity index (χ0n) is 8.54. The predicted octanol–water partition coefficient (Wildman–Crippen LogP) is 3.71. The third-order valence-corrected chi connectivity index (χ3v) is 2.79. The van der Waals surface area contributed by atoms with Gasteiger partial charge >= 0.3 is 0 Å². The minimum absolute atomic E-state index is 0.0832. The Morgan fingerprint density at radius 3 is 2.69 bits per heavy atom. The van der Waals surface area contributed by atoms with Crippen LogP contribution in [-0.4, -0.2) is 9.78 Å². The quantitative estimate of drug-likeness (QED) is 0.751. The van der Waals surface area contributed by atoms with Gasteiger partial charge in [0.1, 0.15) is 5.82 Å². The van der Waals surface area contributed by atoms with Crippen molar-refractivity contribution in [1.82, 2.24) is 9.78 Å². The van der Waals surface area contributed by atoms with E-state index in [1.165, 1.54) is 12.1 Å². The number of aryl methyl sites for hydroxylation is 1. The van der Waals surface area contributed by atoms with Crippen LogP contribution in [0.3, 0.4) is 0 Å². The van der Waals surface area contributed by atoms with Gasteiger partial charge in [-0.3, -0.25) is 0 Å². The summed E-state index contributed by atoms with van der Waals surface area (Å²) in [5, 5.41) is 4.36. The highest BCUT2D eigenvalue weighted by Gasteiger charge is 2.07. The van der Waals surface area contributed by atoms with Gasteiger partial charge in [0.25, 0.3) is 0 Å². The highest BCUT2D eigenvalue weighted by molar-refractivity contribution is 6.30. The first kappa shape index (κ1) is 11.4. The highest BCUT2D eigenvalue weighted by Crippen LogP contribution is 2.20. The van der Waals surface area contributed by atoms with Gasteiger partial charge in [0, 0.05) is 5.69 Å². The largest absolute Gasteiger partial charge is 0.238 e. The van der Waals surface area contributed by atoms with Crippen LogP contribution in [0.25, 0.3) is 5.69 Å². The smallest absolute Gasteiger partial charge is 0.141 e. The first-order chi connectivity index (χ1) is 7.61. The molecule has 2 nitrogen and oxygen atoms in total. The van der Waals surface area contributed by atoms with Crippen molar-refractivity contribution in [2.24, 2.45) is 0 Å². The SMILES string of the molecule is Cc1cc(CCl)nn1-c1ccc(F)c(Cl)c1. The minimum Gasteiger partial charge on any atom is -0.238 e. The Morgan fingerprint density at radius 2 is 2.12 bits per heavy atom. The van der Waals surface area contributed by atoms with Gasteiger partial charge in [0.05, 0.1) is 22.3 Å². The highest BCUT2D eigenvalue weighted by atomic mass is 35.5. The molecule has 0 fully saturated rings. The standard InChI is InChI=1S/C11H9Cl2FN2/c1-7-4-8(6-12)15-16(7)9-2-3-11(14)10(13)5-9/h2-5H,6H2,1H3. The fourth-order valence-electron chi connectivity index (χ4n) is 1.48. The molecule has 5 heteroatoms. The molecule has 0 saturated heterocycles. The molecule has 0 saturated carbocycles. The fraction of sp³-hybridized carbons (Fsp3) is 0.182. The molecule has 0 amide bonds. The summed E-state index contributed by atoms with van der Waals surface area (Å²) < 4.78 is 14.7. The Hall–Kier alpha value is -1.06. The summed E-state index contributed by atoms with van der Waals surface area (Å²) in [6.07, 6.45) is 0. The zero-order valence-corrected chi connectivity index (χ0v) is 10.1. The molecule has 0 aliphatic heterocycles. The number of hydrogen-bond donors (Lipinski definition) is 0. The molecule has 16 heavy (non-hydrogen) atoms. The monoisotopic (exact) mass is 258 g/mol. The first-order valence-electron chi connectivity index (χ1n) is 4.68. The van der Waals surface area contributed by atoms with Gasteiger partial charge in [-0.25, -0.2) is 9.07 Å². The summed E-state index contributed by atoms with van der Waals surface area (Å²) in [5.41, 5.74) is 2.43. The van der Waals surface area contributed by atoms with Crippen LogP contribution in [0.2, 0.25) is 5.02 Å². The Morgan fingerprint density at radius 1 is 1.38 bits per heavy atom. The van der Waals surface area contributed by atoms with Crippen molar-refractivity contribution in [1.29, 1.82) is 0 Å². The predicted molar refractivity (Wildman–Crippen MR) is 62.8 cm³/mol. The third kappa shape index (κ3) is 2.06. The van der Waals surface area contributed by atoms with E-state index >= 15 is 0 Å². The molecule has 0 radical (unpaired) electrons. The maximum absolute atomic E-state index is 13.0. The Labute approximate surface area is 103 Å². The number of aromatic nitrogens is 2. The second kappa shape index (κ2) is 4.44. The molecule has 1 aromatic carbocycles. The van der Waals surface area contributed by atoms with Gasteiger partial charge < -0.3 is 0 Å². The van der Waals surface area contributed by atoms with Crippen molar-refractivity contribution >= 4 is 23.2 Å². The molecular weight excluding hydrogens is 250 g/mol. The lowest BCUT2D eigenvalue weighted by molar-refractivity contribution is 0.627. The molecule has 0 bridgehead atoms. The van der Waals surface area contributed by atoms with Gasteiger partial charge in [-0.1, -0.05) is 11.6 Å². The molecule has 84 valence electrons. The molecule has 1 aromatic heterocycles. The van der Waals surface area contributed by atoms with Crippen LogP contribution in [0.15, 0.2) is 24.3 Å². The second-order valence-electron chi connectivity index (χ2n) is 3.42. The summed E-state index contributed by atoms with van der Waals surface area (Å²) in [5.74, 6) is -0.0873. The van der Waals surface area contributed by atoms with Crippen molar-refractivity contribution in [2.45, 2.75) is 12.8 Å². The second-order valence-corrected chi connectivity index (χ2v) is 4.10. The van der Waals surface area contributed by atoms with Crippen molar-refractivity contribution in [3.05, 3.63) is 46.5 Å². The average molecular weight is 259 g/mol. The average Bonchev–Trinajstić information content (AvgIpc) is 2.64. The molecule has 0 unspecified atom stereocenters. The number of benzene rings is 1. The van der Waals surface area contributed by atoms with Crippen LogP contribution in [0, 0.1) is 12.7 Å². The third-order valence-electron chi connectivity index (χ3n) is 2.22. The lowest BCUT2D eigenvalue weighted by Crippen LogP contribution is -1.99. The molecule has 0 N–H and O–H groups in total. The number of alkyl halides is 1. The van der Waals surface area contributed by atoms with E-state index in [1.807, 2.05) is 13.0 Å². The minimum atomic E-state index is -0.437. The van der Waals surface area contributed by atoms with Crippen LogP contribution in [0.5, 0.6) is 0 Å². The number of hydrogen-bond acceptors (Lipinski definition) is 1. The van der Waals surface area contributed by atoms with Crippen LogP contribution in [-0.2, 0) is 5.88 Å². The Bertz CT molecular complexity index is 523. The van der Waals surface area contributed by atoms with Gasteiger partial charge in [-0.2, -0.15) is 5.10 Å². The van der Waals surface area contributed by atoms with Crippen molar-refractivity contribution in [3.63, 3.8) is 0 Å². The molecule has 2 aromatic rings. The molecular formula is C11H9Cl2FN2. The summed E-state index contributed by atoms with van der Waals surface area (Å²) in [6, 6.07) is 6.36. The van der Waals surface area contributed by atoms with E-state index in [2.05, 4.69) is 5.10 Å². The molecule has 0 atom stereocenters. The van der Waals surface area contributed by atoms with Crippen molar-refractivity contribution in [2.75, 3.05) is 0 Å². The van der Waals surface area contributed by atoms with Gasteiger partial charge in [-0.15, -0.1) is 11.6 Å². The van der Waals surface area contributed by atoms with Crippen LogP contribution >= 0.6 is 23.2 Å². The van der Waals surface area contributed by atoms with E-state index in [0.717, 1.165) is 17.1 Å². The van der Waals surface area contributed by atoms with Crippen LogP contribution in [0.1, 0.15) is 11.4 Å². The van der Waals surface area contributed by atoms with E-state index in [9.17, 15) is 4.39 Å². The molecule has 0 spiro atoms. The number of rotatable bonds is 2. The zero-order chi connectivity index (χ0) is 11.7. The normalized spacial score (nSPS) is 10.8. The molecule has 1 heterocycles. The summed E-state index contributed by atoms with van der Waals surface area (Å²) in [4.78, 5) is 0. The van der Waals surface area contributed by atoms with Crippen molar-refractivity contribution < 1.29 is 4.39 Å². The topological polar surface area (TPSA) is 17.8 Å². The van der Waals surface area contributed by atoms with Crippen molar-refractivity contribution in [3.8, 4) is 5.69 Å². The maximum atomic E-state index is 13.0. The lowest BCUT2D eigenvalue weighted by Gasteiger charge is -2.04. The lowest BCUT2D eigenvalue weighted by atomic mass is 10.3. The van der Waals surface area contributed by atoms with E-state index in [4.69, 9.17) is 23.2 Å². The first-order valence-corrected chi connectivity index (χ1v) is 5.60. The van der Waals surface area contributed by atoms with E-state index in [1.54, 1.807) is 10.7 Å². The van der Waals surface area contributed by atoms with Gasteiger partial charge in [0.15, 0.2) is 0 Å². The fourth-order valence-corrected chi connectivity index (χ4v) is 1.79. The molecule has 2 rings (SSSR count). The van der Waals surface area contributed by atoms with E-state index in [-0.39, 0.29) is 5.02 Å². The van der Waals surface area contributed by atoms with Crippen LogP contribution < -0.4 is 0 Å². The number of nitrogens with zero attached hydrogens (tertiary/aromatic N) is 2. The Balaban J connectivity index is 2.49. The van der Waals surface area contributed by atoms with Gasteiger partial charge in [-0.05, 0) is 31.2 Å². The maximum Gasteiger partial charge on any atom is 0.141 e. The molecule has 0 aliphatic carbocycles. The summed E-state index contributed by atoms with van der Waals surface area (Å²) >= 11 is 11.4. The summed E-state index contributed by atoms with van der Waals surface area (Å²) in [6.45, 7) is 1.90. The molecule has 0 aliphatic rings. The summed E-state index contributed by atoms with van der Waals surface area (Å²) in [7, 11) is 0. The van der Waals surface area contributed by atoms with Crippen LogP contribution in [0.4, 0.5) is 4.39 Å². The van der Waals surface area contributed by atoms with Gasteiger partial charge in [0.2, 0.25) is 0 Å². The van der Waals surface area contributed by atoms with E-state index < -0.39 is 5.82 Å². The number of halogens is 3. The Kier molecular flexibility index (Phi) is 3.17. The van der Waals surface area contributed by atoms with E-state index in [0.29, 0.717) is 5.88 Å².